The molecule has 1 amide bonds. The number of rotatable bonds is 5. The zero-order valence-corrected chi connectivity index (χ0v) is 15.1. The molecule has 1 unspecified atom stereocenters. The molecule has 1 saturated heterocycles. The summed E-state index contributed by atoms with van der Waals surface area (Å²) < 4.78 is 5.49. The van der Waals surface area contributed by atoms with E-state index in [0.717, 1.165) is 36.6 Å². The molecule has 0 aliphatic carbocycles. The van der Waals surface area contributed by atoms with Gasteiger partial charge in [-0.15, -0.1) is 12.4 Å². The minimum absolute atomic E-state index is 0. The van der Waals surface area contributed by atoms with Crippen LogP contribution in [0, 0.1) is 0 Å². The van der Waals surface area contributed by atoms with Crippen molar-refractivity contribution in [1.29, 1.82) is 0 Å². The molecular weight excluding hydrogens is 338 g/mol. The van der Waals surface area contributed by atoms with E-state index in [0.29, 0.717) is 6.54 Å². The maximum Gasteiger partial charge on any atom is 0.238 e. The normalized spacial score (nSPS) is 17.4. The van der Waals surface area contributed by atoms with Crippen LogP contribution in [0.4, 0.5) is 5.69 Å². The van der Waals surface area contributed by atoms with Gasteiger partial charge in [-0.1, -0.05) is 36.4 Å². The number of hydrogen-bond acceptors (Lipinski definition) is 4. The van der Waals surface area contributed by atoms with Gasteiger partial charge in [0.05, 0.1) is 19.7 Å². The molecular formula is C19H24ClN3O2. The van der Waals surface area contributed by atoms with E-state index in [2.05, 4.69) is 21.6 Å². The third-order valence-electron chi connectivity index (χ3n) is 4.26. The van der Waals surface area contributed by atoms with Crippen LogP contribution < -0.4 is 15.4 Å². The van der Waals surface area contributed by atoms with Gasteiger partial charge in [0.2, 0.25) is 5.91 Å². The average Bonchev–Trinajstić information content (AvgIpc) is 2.63. The van der Waals surface area contributed by atoms with Crippen LogP contribution in [0.3, 0.4) is 0 Å². The SMILES string of the molecule is COc1ccccc1C1CNCCN1CC(=O)Nc1ccccc1.Cl. The number of nitrogens with zero attached hydrogens (tertiary/aromatic N) is 1. The number of carbonyl (C=O) groups excluding carboxylic acids is 1. The fourth-order valence-electron chi connectivity index (χ4n) is 3.09. The summed E-state index contributed by atoms with van der Waals surface area (Å²) >= 11 is 0. The molecule has 6 heteroatoms. The van der Waals surface area contributed by atoms with Crippen molar-refractivity contribution in [3.63, 3.8) is 0 Å². The number of ether oxygens (including phenoxy) is 1. The summed E-state index contributed by atoms with van der Waals surface area (Å²) in [6.07, 6.45) is 0. The number of halogens is 1. The first-order valence-corrected chi connectivity index (χ1v) is 8.20. The lowest BCUT2D eigenvalue weighted by atomic mass is 10.0. The number of methoxy groups -OCH3 is 1. The topological polar surface area (TPSA) is 53.6 Å². The van der Waals surface area contributed by atoms with Crippen molar-refractivity contribution in [2.24, 2.45) is 0 Å². The first-order chi connectivity index (χ1) is 11.8. The van der Waals surface area contributed by atoms with Gasteiger partial charge in [-0.2, -0.15) is 0 Å². The number of carbonyl (C=O) groups is 1. The number of hydrogen-bond donors (Lipinski definition) is 2. The smallest absolute Gasteiger partial charge is 0.238 e. The van der Waals surface area contributed by atoms with Crippen molar-refractivity contribution in [3.8, 4) is 5.75 Å². The molecule has 1 aliphatic rings. The van der Waals surface area contributed by atoms with Crippen LogP contribution in [-0.4, -0.2) is 44.1 Å². The molecule has 5 nitrogen and oxygen atoms in total. The second kappa shape index (κ2) is 9.42. The molecule has 0 spiro atoms. The second-order valence-electron chi connectivity index (χ2n) is 5.85. The van der Waals surface area contributed by atoms with Crippen LogP contribution in [-0.2, 0) is 4.79 Å². The lowest BCUT2D eigenvalue weighted by Crippen LogP contribution is -2.48. The van der Waals surface area contributed by atoms with Gasteiger partial charge in [-0.25, -0.2) is 0 Å². The van der Waals surface area contributed by atoms with Crippen molar-refractivity contribution >= 4 is 24.0 Å². The largest absolute Gasteiger partial charge is 0.496 e. The molecule has 2 N–H and O–H groups in total. The summed E-state index contributed by atoms with van der Waals surface area (Å²) in [5.74, 6) is 0.864. The van der Waals surface area contributed by atoms with Gasteiger partial charge in [0.25, 0.3) is 0 Å². The van der Waals surface area contributed by atoms with E-state index in [1.54, 1.807) is 7.11 Å². The minimum Gasteiger partial charge on any atom is -0.496 e. The van der Waals surface area contributed by atoms with Gasteiger partial charge in [0.1, 0.15) is 5.75 Å². The first kappa shape index (κ1) is 19.2. The Morgan fingerprint density at radius 3 is 2.68 bits per heavy atom. The Bertz CT molecular complexity index is 681. The quantitative estimate of drug-likeness (QED) is 0.859. The number of nitrogens with one attached hydrogen (secondary N) is 2. The summed E-state index contributed by atoms with van der Waals surface area (Å²) in [4.78, 5) is 14.6. The Morgan fingerprint density at radius 1 is 1.20 bits per heavy atom. The molecule has 1 aliphatic heterocycles. The zero-order chi connectivity index (χ0) is 16.8. The number of amides is 1. The molecule has 2 aromatic rings. The van der Waals surface area contributed by atoms with Crippen LogP contribution in [0.1, 0.15) is 11.6 Å². The minimum atomic E-state index is 0. The Kier molecular flexibility index (Phi) is 7.25. The van der Waals surface area contributed by atoms with Gasteiger partial charge in [-0.05, 0) is 18.2 Å². The van der Waals surface area contributed by atoms with Gasteiger partial charge in [0, 0.05) is 30.9 Å². The van der Waals surface area contributed by atoms with Gasteiger partial charge in [-0.3, -0.25) is 9.69 Å². The highest BCUT2D eigenvalue weighted by atomic mass is 35.5. The highest BCUT2D eigenvalue weighted by Crippen LogP contribution is 2.29. The van der Waals surface area contributed by atoms with E-state index in [1.165, 1.54) is 0 Å². The standard InChI is InChI=1S/C19H23N3O2.ClH/c1-24-18-10-6-5-9-16(18)17-13-20-11-12-22(17)14-19(23)21-15-7-3-2-4-8-15;/h2-10,17,20H,11-14H2,1H3,(H,21,23);1H. The highest BCUT2D eigenvalue weighted by molar-refractivity contribution is 5.92. The van der Waals surface area contributed by atoms with Crippen molar-refractivity contribution in [3.05, 3.63) is 60.2 Å². The lowest BCUT2D eigenvalue weighted by molar-refractivity contribution is -0.118. The third kappa shape index (κ3) is 4.95. The highest BCUT2D eigenvalue weighted by Gasteiger charge is 2.27. The van der Waals surface area contributed by atoms with E-state index in [9.17, 15) is 4.79 Å². The molecule has 1 heterocycles. The monoisotopic (exact) mass is 361 g/mol. The predicted molar refractivity (Wildman–Crippen MR) is 102 cm³/mol. The van der Waals surface area contributed by atoms with Gasteiger partial charge >= 0.3 is 0 Å². The van der Waals surface area contributed by atoms with Gasteiger partial charge < -0.3 is 15.4 Å². The summed E-state index contributed by atoms with van der Waals surface area (Å²) in [5.41, 5.74) is 1.94. The number of benzene rings is 2. The Morgan fingerprint density at radius 2 is 1.92 bits per heavy atom. The van der Waals surface area contributed by atoms with Crippen molar-refractivity contribution in [2.75, 3.05) is 38.6 Å². The Balaban J connectivity index is 0.00000225. The fourth-order valence-corrected chi connectivity index (χ4v) is 3.09. The molecule has 134 valence electrons. The molecule has 1 atom stereocenters. The molecule has 0 radical (unpaired) electrons. The second-order valence-corrected chi connectivity index (χ2v) is 5.85. The van der Waals surface area contributed by atoms with Crippen molar-refractivity contribution in [2.45, 2.75) is 6.04 Å². The predicted octanol–water partition coefficient (Wildman–Crippen LogP) is 2.70. The van der Waals surface area contributed by atoms with Crippen molar-refractivity contribution < 1.29 is 9.53 Å². The van der Waals surface area contributed by atoms with E-state index < -0.39 is 0 Å². The molecule has 25 heavy (non-hydrogen) atoms. The van der Waals surface area contributed by atoms with Gasteiger partial charge in [0.15, 0.2) is 0 Å². The number of anilines is 1. The molecule has 0 saturated carbocycles. The average molecular weight is 362 g/mol. The van der Waals surface area contributed by atoms with Crippen LogP contribution in [0.5, 0.6) is 5.75 Å². The molecule has 1 fully saturated rings. The van der Waals surface area contributed by atoms with Crippen LogP contribution in [0.15, 0.2) is 54.6 Å². The lowest BCUT2D eigenvalue weighted by Gasteiger charge is -2.36. The summed E-state index contributed by atoms with van der Waals surface area (Å²) in [7, 11) is 1.68. The summed E-state index contributed by atoms with van der Waals surface area (Å²) in [6.45, 7) is 2.87. The summed E-state index contributed by atoms with van der Waals surface area (Å²) in [5, 5.41) is 6.37. The Labute approximate surface area is 154 Å². The van der Waals surface area contributed by atoms with Crippen LogP contribution >= 0.6 is 12.4 Å². The van der Waals surface area contributed by atoms with E-state index in [-0.39, 0.29) is 24.4 Å². The fraction of sp³-hybridized carbons (Fsp3) is 0.316. The molecule has 0 bridgehead atoms. The molecule has 3 rings (SSSR count). The maximum atomic E-state index is 12.4. The number of para-hydroxylation sites is 2. The van der Waals surface area contributed by atoms with E-state index in [4.69, 9.17) is 4.74 Å². The van der Waals surface area contributed by atoms with Crippen LogP contribution in [0.2, 0.25) is 0 Å². The summed E-state index contributed by atoms with van der Waals surface area (Å²) in [6, 6.07) is 17.7. The van der Waals surface area contributed by atoms with Crippen LogP contribution in [0.25, 0.3) is 0 Å². The van der Waals surface area contributed by atoms with Crippen molar-refractivity contribution in [1.82, 2.24) is 10.2 Å². The first-order valence-electron chi connectivity index (χ1n) is 8.20. The molecule has 2 aromatic carbocycles. The van der Waals surface area contributed by atoms with E-state index >= 15 is 0 Å². The maximum absolute atomic E-state index is 12.4. The molecule has 0 aromatic heterocycles. The third-order valence-corrected chi connectivity index (χ3v) is 4.26. The zero-order valence-electron chi connectivity index (χ0n) is 14.3. The number of piperazine rings is 1. The Hall–Kier alpha value is -2.08. The van der Waals surface area contributed by atoms with E-state index in [1.807, 2.05) is 48.5 Å².